The lowest BCUT2D eigenvalue weighted by atomic mass is 10.3. The second-order valence-electron chi connectivity index (χ2n) is 5.91. The molecule has 2 N–H and O–H groups in total. The van der Waals surface area contributed by atoms with Gasteiger partial charge in [0.05, 0.1) is 18.8 Å². The first-order valence-electron chi connectivity index (χ1n) is 7.97. The fourth-order valence-corrected chi connectivity index (χ4v) is 3.04. The number of nitrogens with one attached hydrogen (secondary N) is 2. The van der Waals surface area contributed by atoms with Gasteiger partial charge >= 0.3 is 11.8 Å². The second-order valence-corrected chi connectivity index (χ2v) is 6.91. The highest BCUT2D eigenvalue weighted by molar-refractivity contribution is 7.10. The number of rotatable bonds is 6. The maximum Gasteiger partial charge on any atom is 0.313 e. The van der Waals surface area contributed by atoms with E-state index in [9.17, 15) is 9.59 Å². The molecule has 0 bridgehead atoms. The molecule has 1 aliphatic carbocycles. The Balaban J connectivity index is 1.55. The van der Waals surface area contributed by atoms with Crippen LogP contribution in [0, 0.1) is 12.8 Å². The number of thiophene rings is 1. The number of carbonyl (C=O) groups is 2. The first kappa shape index (κ1) is 16.5. The Bertz CT molecular complexity index is 737. The van der Waals surface area contributed by atoms with Gasteiger partial charge in [-0.25, -0.2) is 0 Å². The lowest BCUT2D eigenvalue weighted by molar-refractivity contribution is -0.136. The molecular formula is C18H20N2O3S. The zero-order chi connectivity index (χ0) is 16.9. The van der Waals surface area contributed by atoms with Gasteiger partial charge in [-0.15, -0.1) is 11.3 Å². The molecule has 0 radical (unpaired) electrons. The minimum Gasteiger partial charge on any atom is -0.491 e. The summed E-state index contributed by atoms with van der Waals surface area (Å²) in [6.45, 7) is 2.98. The zero-order valence-electron chi connectivity index (χ0n) is 13.5. The van der Waals surface area contributed by atoms with Crippen LogP contribution < -0.4 is 15.4 Å². The number of amides is 2. The molecule has 1 saturated carbocycles. The molecular weight excluding hydrogens is 324 g/mol. The molecule has 5 nitrogen and oxygen atoms in total. The summed E-state index contributed by atoms with van der Waals surface area (Å²) in [5.41, 5.74) is 1.63. The summed E-state index contributed by atoms with van der Waals surface area (Å²) >= 11 is 1.56. The smallest absolute Gasteiger partial charge is 0.313 e. The van der Waals surface area contributed by atoms with Gasteiger partial charge in [0.2, 0.25) is 0 Å². The Hall–Kier alpha value is -2.34. The summed E-state index contributed by atoms with van der Waals surface area (Å²) in [6.07, 6.45) is 2.39. The number of hydrogen-bond donors (Lipinski definition) is 2. The van der Waals surface area contributed by atoms with Crippen molar-refractivity contribution in [3.63, 3.8) is 0 Å². The molecule has 0 unspecified atom stereocenters. The Labute approximate surface area is 145 Å². The van der Waals surface area contributed by atoms with Gasteiger partial charge < -0.3 is 15.4 Å². The highest BCUT2D eigenvalue weighted by atomic mass is 32.1. The van der Waals surface area contributed by atoms with E-state index in [4.69, 9.17) is 4.74 Å². The quantitative estimate of drug-likeness (QED) is 0.791. The largest absolute Gasteiger partial charge is 0.491 e. The van der Waals surface area contributed by atoms with Crippen molar-refractivity contribution < 1.29 is 14.3 Å². The average Bonchev–Trinajstić information content (AvgIpc) is 3.32. The highest BCUT2D eigenvalue weighted by Gasteiger charge is 2.23. The van der Waals surface area contributed by atoms with Crippen molar-refractivity contribution in [3.8, 4) is 5.75 Å². The van der Waals surface area contributed by atoms with Gasteiger partial charge in [0.15, 0.2) is 0 Å². The normalized spacial score (nSPS) is 13.4. The maximum atomic E-state index is 12.1. The van der Waals surface area contributed by atoms with Crippen LogP contribution in [0.25, 0.3) is 0 Å². The van der Waals surface area contributed by atoms with Gasteiger partial charge in [0.25, 0.3) is 0 Å². The third kappa shape index (κ3) is 4.35. The highest BCUT2D eigenvalue weighted by Crippen LogP contribution is 2.31. The van der Waals surface area contributed by atoms with Crippen LogP contribution in [-0.4, -0.2) is 18.4 Å². The molecule has 1 aromatic heterocycles. The van der Waals surface area contributed by atoms with Gasteiger partial charge in [0, 0.05) is 4.88 Å². The van der Waals surface area contributed by atoms with E-state index in [-0.39, 0.29) is 0 Å². The molecule has 1 aromatic carbocycles. The maximum absolute atomic E-state index is 12.1. The van der Waals surface area contributed by atoms with E-state index in [0.717, 1.165) is 10.4 Å². The monoisotopic (exact) mass is 344 g/mol. The third-order valence-electron chi connectivity index (χ3n) is 3.89. The van der Waals surface area contributed by atoms with Gasteiger partial charge in [-0.1, -0.05) is 12.1 Å². The third-order valence-corrected chi connectivity index (χ3v) is 4.91. The van der Waals surface area contributed by atoms with Gasteiger partial charge in [-0.2, -0.15) is 0 Å². The van der Waals surface area contributed by atoms with Crippen LogP contribution in [0.3, 0.4) is 0 Å². The summed E-state index contributed by atoms with van der Waals surface area (Å²) < 4.78 is 5.73. The van der Waals surface area contributed by atoms with E-state index < -0.39 is 11.8 Å². The number of benzene rings is 1. The molecule has 1 heterocycles. The van der Waals surface area contributed by atoms with Crippen LogP contribution in [0.1, 0.15) is 23.3 Å². The lowest BCUT2D eigenvalue weighted by Crippen LogP contribution is -2.35. The molecule has 0 saturated heterocycles. The minimum absolute atomic E-state index is 0.357. The standard InChI is InChI=1S/C18H20N2O3S/c1-12-8-9-24-16(12)10-19-17(21)18(22)20-14-4-2-3-5-15(14)23-11-13-6-7-13/h2-5,8-9,13H,6-7,10-11H2,1H3,(H,19,21)(H,20,22). The van der Waals surface area contributed by atoms with E-state index in [1.54, 1.807) is 29.5 Å². The molecule has 0 atom stereocenters. The van der Waals surface area contributed by atoms with Gasteiger partial charge in [0.1, 0.15) is 5.75 Å². The van der Waals surface area contributed by atoms with Crippen molar-refractivity contribution in [1.29, 1.82) is 0 Å². The van der Waals surface area contributed by atoms with Crippen molar-refractivity contribution in [3.05, 3.63) is 46.2 Å². The molecule has 24 heavy (non-hydrogen) atoms. The van der Waals surface area contributed by atoms with Crippen LogP contribution >= 0.6 is 11.3 Å². The molecule has 1 aliphatic rings. The lowest BCUT2D eigenvalue weighted by Gasteiger charge is -2.12. The van der Waals surface area contributed by atoms with Crippen molar-refractivity contribution in [2.24, 2.45) is 5.92 Å². The summed E-state index contributed by atoms with van der Waals surface area (Å²) in [6, 6.07) is 9.16. The van der Waals surface area contributed by atoms with E-state index in [0.29, 0.717) is 30.5 Å². The van der Waals surface area contributed by atoms with Crippen molar-refractivity contribution in [1.82, 2.24) is 5.32 Å². The Morgan fingerprint density at radius 2 is 2.00 bits per heavy atom. The predicted octanol–water partition coefficient (Wildman–Crippen LogP) is 3.10. The first-order valence-corrected chi connectivity index (χ1v) is 8.85. The van der Waals surface area contributed by atoms with Crippen molar-refractivity contribution in [2.45, 2.75) is 26.3 Å². The van der Waals surface area contributed by atoms with Crippen molar-refractivity contribution in [2.75, 3.05) is 11.9 Å². The summed E-state index contributed by atoms with van der Waals surface area (Å²) in [7, 11) is 0. The molecule has 3 rings (SSSR count). The van der Waals surface area contributed by atoms with Crippen LogP contribution in [0.15, 0.2) is 35.7 Å². The fraction of sp³-hybridized carbons (Fsp3) is 0.333. The number of carbonyl (C=O) groups excluding carboxylic acids is 2. The van der Waals surface area contributed by atoms with Crippen LogP contribution in [0.5, 0.6) is 5.75 Å². The molecule has 2 amide bonds. The Morgan fingerprint density at radius 3 is 2.71 bits per heavy atom. The second kappa shape index (κ2) is 7.49. The summed E-state index contributed by atoms with van der Waals surface area (Å²) in [5, 5.41) is 7.23. The Kier molecular flexibility index (Phi) is 5.15. The topological polar surface area (TPSA) is 67.4 Å². The van der Waals surface area contributed by atoms with Crippen molar-refractivity contribution >= 4 is 28.8 Å². The van der Waals surface area contributed by atoms with Gasteiger partial charge in [-0.3, -0.25) is 9.59 Å². The van der Waals surface area contributed by atoms with Gasteiger partial charge in [-0.05, 0) is 54.8 Å². The molecule has 0 aliphatic heterocycles. The number of aryl methyl sites for hydroxylation is 1. The van der Waals surface area contributed by atoms with E-state index in [2.05, 4.69) is 10.6 Å². The van der Waals surface area contributed by atoms with Crippen LogP contribution in [0.2, 0.25) is 0 Å². The predicted molar refractivity (Wildman–Crippen MR) is 94.2 cm³/mol. The first-order chi connectivity index (χ1) is 11.6. The minimum atomic E-state index is -0.688. The number of hydrogen-bond acceptors (Lipinski definition) is 4. The van der Waals surface area contributed by atoms with Crippen LogP contribution in [0.4, 0.5) is 5.69 Å². The molecule has 1 fully saturated rings. The number of ether oxygens (including phenoxy) is 1. The molecule has 126 valence electrons. The fourth-order valence-electron chi connectivity index (χ4n) is 2.19. The van der Waals surface area contributed by atoms with E-state index >= 15 is 0 Å². The van der Waals surface area contributed by atoms with E-state index in [1.165, 1.54) is 12.8 Å². The number of para-hydroxylation sites is 2. The molecule has 6 heteroatoms. The zero-order valence-corrected chi connectivity index (χ0v) is 14.3. The molecule has 2 aromatic rings. The SMILES string of the molecule is Cc1ccsc1CNC(=O)C(=O)Nc1ccccc1OCC1CC1. The van der Waals surface area contributed by atoms with E-state index in [1.807, 2.05) is 24.4 Å². The molecule has 0 spiro atoms. The average molecular weight is 344 g/mol. The number of anilines is 1. The summed E-state index contributed by atoms with van der Waals surface area (Å²) in [4.78, 5) is 25.1. The Morgan fingerprint density at radius 1 is 1.21 bits per heavy atom. The van der Waals surface area contributed by atoms with Crippen LogP contribution in [-0.2, 0) is 16.1 Å². The summed E-state index contributed by atoms with van der Waals surface area (Å²) in [5.74, 6) is -0.128.